The smallest absolute Gasteiger partial charge is 0.291 e. The molecule has 5 rings (SSSR count). The molecule has 0 radical (unpaired) electrons. The fourth-order valence-electron chi connectivity index (χ4n) is 4.63. The average molecular weight is 454 g/mol. The average Bonchev–Trinajstić information content (AvgIpc) is 3.12. The largest absolute Gasteiger partial charge is 0.497 e. The molecule has 0 N–H and O–H groups in total. The highest BCUT2D eigenvalue weighted by Gasteiger charge is 2.42. The van der Waals surface area contributed by atoms with E-state index in [9.17, 15) is 9.59 Å². The van der Waals surface area contributed by atoms with Crippen LogP contribution < -0.4 is 10.2 Å². The molecule has 4 aromatic rings. The van der Waals surface area contributed by atoms with Crippen molar-refractivity contribution in [2.75, 3.05) is 7.11 Å². The van der Waals surface area contributed by atoms with Crippen molar-refractivity contribution in [3.63, 3.8) is 0 Å². The summed E-state index contributed by atoms with van der Waals surface area (Å²) < 4.78 is 11.3. The van der Waals surface area contributed by atoms with Gasteiger partial charge in [0, 0.05) is 6.54 Å². The number of carbonyl (C=O) groups excluding carboxylic acids is 1. The second kappa shape index (κ2) is 8.49. The first-order valence-corrected chi connectivity index (χ1v) is 11.5. The van der Waals surface area contributed by atoms with Crippen LogP contribution in [0.1, 0.15) is 64.2 Å². The molecule has 2 heterocycles. The Morgan fingerprint density at radius 1 is 0.971 bits per heavy atom. The molecule has 0 bridgehead atoms. The molecule has 0 aliphatic carbocycles. The SMILES string of the molecule is COc1ccc(CN2C(=O)c3oc4ccc(C)cc4c(=O)c3C2c2ccc(C(C)C)cc2)cc1. The van der Waals surface area contributed by atoms with Crippen LogP contribution in [0.15, 0.2) is 75.9 Å². The summed E-state index contributed by atoms with van der Waals surface area (Å²) in [6, 6.07) is 20.7. The van der Waals surface area contributed by atoms with Crippen LogP contribution in [0.25, 0.3) is 11.0 Å². The molecule has 5 nitrogen and oxygen atoms in total. The summed E-state index contributed by atoms with van der Waals surface area (Å²) in [5.74, 6) is 0.995. The van der Waals surface area contributed by atoms with E-state index in [-0.39, 0.29) is 17.1 Å². The number of carbonyl (C=O) groups is 1. The van der Waals surface area contributed by atoms with E-state index in [4.69, 9.17) is 9.15 Å². The Bertz CT molecular complexity index is 1430. The Labute approximate surface area is 198 Å². The fraction of sp³-hybridized carbons (Fsp3) is 0.241. The van der Waals surface area contributed by atoms with Gasteiger partial charge in [0.25, 0.3) is 5.91 Å². The third-order valence-corrected chi connectivity index (χ3v) is 6.55. The third kappa shape index (κ3) is 3.67. The minimum atomic E-state index is -0.521. The lowest BCUT2D eigenvalue weighted by Gasteiger charge is -2.25. The maximum Gasteiger partial charge on any atom is 0.291 e. The molecule has 3 aromatic carbocycles. The number of rotatable bonds is 5. The van der Waals surface area contributed by atoms with Gasteiger partial charge in [0.2, 0.25) is 5.76 Å². The summed E-state index contributed by atoms with van der Waals surface area (Å²) in [6.07, 6.45) is 0. The molecule has 1 atom stereocenters. The van der Waals surface area contributed by atoms with Gasteiger partial charge in [0.05, 0.1) is 24.1 Å². The lowest BCUT2D eigenvalue weighted by molar-refractivity contribution is 0.0714. The summed E-state index contributed by atoms with van der Waals surface area (Å²) in [5, 5.41) is 0.502. The maximum absolute atomic E-state index is 13.7. The maximum atomic E-state index is 13.7. The van der Waals surface area contributed by atoms with Crippen molar-refractivity contribution >= 4 is 16.9 Å². The second-order valence-corrected chi connectivity index (χ2v) is 9.18. The van der Waals surface area contributed by atoms with Gasteiger partial charge < -0.3 is 14.1 Å². The van der Waals surface area contributed by atoms with Gasteiger partial charge in [-0.05, 0) is 53.8 Å². The predicted octanol–water partition coefficient (Wildman–Crippen LogP) is 5.98. The molecule has 0 saturated heterocycles. The Morgan fingerprint density at radius 2 is 1.68 bits per heavy atom. The zero-order valence-corrected chi connectivity index (χ0v) is 19.8. The van der Waals surface area contributed by atoms with Crippen molar-refractivity contribution in [2.24, 2.45) is 0 Å². The molecule has 0 saturated carbocycles. The quantitative estimate of drug-likeness (QED) is 0.373. The van der Waals surface area contributed by atoms with Gasteiger partial charge in [-0.1, -0.05) is 61.9 Å². The van der Waals surface area contributed by atoms with Gasteiger partial charge >= 0.3 is 0 Å². The number of amides is 1. The molecule has 1 amide bonds. The molecule has 1 aromatic heterocycles. The first-order valence-electron chi connectivity index (χ1n) is 11.5. The van der Waals surface area contributed by atoms with E-state index in [1.807, 2.05) is 55.5 Å². The van der Waals surface area contributed by atoms with Crippen LogP contribution in [0.3, 0.4) is 0 Å². The molecule has 1 aliphatic rings. The highest BCUT2D eigenvalue weighted by Crippen LogP contribution is 2.39. The predicted molar refractivity (Wildman–Crippen MR) is 132 cm³/mol. The van der Waals surface area contributed by atoms with E-state index in [0.717, 1.165) is 22.4 Å². The van der Waals surface area contributed by atoms with E-state index < -0.39 is 6.04 Å². The van der Waals surface area contributed by atoms with Crippen molar-refractivity contribution in [1.82, 2.24) is 4.90 Å². The van der Waals surface area contributed by atoms with Crippen LogP contribution in [0, 0.1) is 6.92 Å². The number of methoxy groups -OCH3 is 1. The Balaban J connectivity index is 1.67. The number of nitrogens with zero attached hydrogens (tertiary/aromatic N) is 1. The Morgan fingerprint density at radius 3 is 2.32 bits per heavy atom. The lowest BCUT2D eigenvalue weighted by atomic mass is 9.95. The van der Waals surface area contributed by atoms with Crippen LogP contribution >= 0.6 is 0 Å². The van der Waals surface area contributed by atoms with E-state index in [1.165, 1.54) is 5.56 Å². The fourth-order valence-corrected chi connectivity index (χ4v) is 4.63. The van der Waals surface area contributed by atoms with Crippen LogP contribution in [-0.2, 0) is 6.54 Å². The number of hydrogen-bond donors (Lipinski definition) is 0. The number of ether oxygens (including phenoxy) is 1. The van der Waals surface area contributed by atoms with Gasteiger partial charge in [0.15, 0.2) is 5.43 Å². The molecule has 34 heavy (non-hydrogen) atoms. The first-order chi connectivity index (χ1) is 16.4. The summed E-state index contributed by atoms with van der Waals surface area (Å²) in [4.78, 5) is 29.0. The highest BCUT2D eigenvalue weighted by molar-refractivity contribution is 5.99. The highest BCUT2D eigenvalue weighted by atomic mass is 16.5. The van der Waals surface area contributed by atoms with E-state index in [2.05, 4.69) is 26.0 Å². The monoisotopic (exact) mass is 453 g/mol. The minimum Gasteiger partial charge on any atom is -0.497 e. The topological polar surface area (TPSA) is 59.8 Å². The van der Waals surface area contributed by atoms with E-state index >= 15 is 0 Å². The Hall–Kier alpha value is -3.86. The van der Waals surface area contributed by atoms with Gasteiger partial charge in [-0.3, -0.25) is 9.59 Å². The molecule has 0 fully saturated rings. The number of fused-ring (bicyclic) bond motifs is 2. The van der Waals surface area contributed by atoms with Crippen LogP contribution in [0.4, 0.5) is 0 Å². The zero-order valence-electron chi connectivity index (χ0n) is 19.8. The summed E-state index contributed by atoms with van der Waals surface area (Å²) >= 11 is 0. The number of hydrogen-bond acceptors (Lipinski definition) is 4. The number of benzene rings is 3. The van der Waals surface area contributed by atoms with Gasteiger partial charge in [0.1, 0.15) is 11.3 Å². The second-order valence-electron chi connectivity index (χ2n) is 9.18. The Kier molecular flexibility index (Phi) is 5.48. The van der Waals surface area contributed by atoms with Crippen molar-refractivity contribution in [3.8, 4) is 5.75 Å². The van der Waals surface area contributed by atoms with Gasteiger partial charge in [-0.25, -0.2) is 0 Å². The van der Waals surface area contributed by atoms with Crippen molar-refractivity contribution in [3.05, 3.63) is 111 Å². The van der Waals surface area contributed by atoms with Crippen molar-refractivity contribution < 1.29 is 13.9 Å². The first kappa shape index (κ1) is 22.0. The van der Waals surface area contributed by atoms with Crippen molar-refractivity contribution in [2.45, 2.75) is 39.3 Å². The van der Waals surface area contributed by atoms with E-state index in [0.29, 0.717) is 29.0 Å². The van der Waals surface area contributed by atoms with E-state index in [1.54, 1.807) is 18.1 Å². The van der Waals surface area contributed by atoms with Crippen LogP contribution in [-0.4, -0.2) is 17.9 Å². The summed E-state index contributed by atoms with van der Waals surface area (Å²) in [7, 11) is 1.62. The normalized spacial score (nSPS) is 15.3. The lowest BCUT2D eigenvalue weighted by Crippen LogP contribution is -2.29. The molecule has 0 spiro atoms. The molecule has 5 heteroatoms. The zero-order chi connectivity index (χ0) is 24.0. The third-order valence-electron chi connectivity index (χ3n) is 6.55. The molecule has 1 unspecified atom stereocenters. The van der Waals surface area contributed by atoms with Gasteiger partial charge in [-0.15, -0.1) is 0 Å². The molecule has 1 aliphatic heterocycles. The summed E-state index contributed by atoms with van der Waals surface area (Å²) in [6.45, 7) is 6.57. The van der Waals surface area contributed by atoms with Crippen LogP contribution in [0.2, 0.25) is 0 Å². The number of aryl methyl sites for hydroxylation is 1. The van der Waals surface area contributed by atoms with Gasteiger partial charge in [-0.2, -0.15) is 0 Å². The summed E-state index contributed by atoms with van der Waals surface area (Å²) in [5.41, 5.74) is 4.70. The van der Waals surface area contributed by atoms with Crippen LogP contribution in [0.5, 0.6) is 5.75 Å². The molecule has 172 valence electrons. The van der Waals surface area contributed by atoms with Crippen molar-refractivity contribution in [1.29, 1.82) is 0 Å². The standard InChI is InChI=1S/C29H27NO4/c1-17(2)20-8-10-21(11-9-20)26-25-27(31)23-15-18(3)5-14-24(23)34-28(25)29(32)30(26)16-19-6-12-22(33-4)13-7-19/h5-15,17,26H,16H2,1-4H3. The molecular weight excluding hydrogens is 426 g/mol. The molecular formula is C29H27NO4. The minimum absolute atomic E-state index is 0.132.